The summed E-state index contributed by atoms with van der Waals surface area (Å²) in [5.41, 5.74) is 0. The Morgan fingerprint density at radius 2 is 2.06 bits per heavy atom. The van der Waals surface area contributed by atoms with Crippen molar-refractivity contribution >= 4 is 23.2 Å². The number of hydrogen-bond donors (Lipinski definition) is 0. The van der Waals surface area contributed by atoms with Gasteiger partial charge in [0.2, 0.25) is 0 Å². The fourth-order valence-electron chi connectivity index (χ4n) is 2.52. The van der Waals surface area contributed by atoms with Crippen LogP contribution < -0.4 is 0 Å². The normalized spacial score (nSPS) is 29.3. The summed E-state index contributed by atoms with van der Waals surface area (Å²) < 4.78 is 5.80. The zero-order valence-electron chi connectivity index (χ0n) is 9.27. The Labute approximate surface area is 110 Å². The third-order valence-corrected chi connectivity index (χ3v) is 3.75. The van der Waals surface area contributed by atoms with Gasteiger partial charge in [0.1, 0.15) is 16.4 Å². The van der Waals surface area contributed by atoms with E-state index in [2.05, 4.69) is 14.9 Å². The maximum atomic E-state index is 5.88. The molecule has 2 aliphatic heterocycles. The lowest BCUT2D eigenvalue weighted by atomic mass is 10.2. The van der Waals surface area contributed by atoms with Gasteiger partial charge >= 0.3 is 0 Å². The maximum absolute atomic E-state index is 5.88. The van der Waals surface area contributed by atoms with E-state index in [-0.39, 0.29) is 6.10 Å². The number of ether oxygens (including phenoxy) is 1. The Kier molecular flexibility index (Phi) is 3.21. The van der Waals surface area contributed by atoms with E-state index in [1.165, 1.54) is 18.9 Å². The van der Waals surface area contributed by atoms with Crippen LogP contribution >= 0.6 is 23.2 Å². The summed E-state index contributed by atoms with van der Waals surface area (Å²) in [6, 6.07) is 2.11. The quantitative estimate of drug-likeness (QED) is 0.737. The van der Waals surface area contributed by atoms with Crippen LogP contribution in [0.5, 0.6) is 0 Å². The summed E-state index contributed by atoms with van der Waals surface area (Å²) in [5, 5.41) is 0.735. The van der Waals surface area contributed by atoms with E-state index in [0.29, 0.717) is 22.2 Å². The molecule has 6 heteroatoms. The zero-order chi connectivity index (χ0) is 11.8. The number of nitrogens with zero attached hydrogens (tertiary/aromatic N) is 3. The highest BCUT2D eigenvalue weighted by molar-refractivity contribution is 6.33. The summed E-state index contributed by atoms with van der Waals surface area (Å²) in [7, 11) is 0. The van der Waals surface area contributed by atoms with Crippen molar-refractivity contribution in [1.29, 1.82) is 0 Å². The summed E-state index contributed by atoms with van der Waals surface area (Å²) in [6.45, 7) is 2.72. The van der Waals surface area contributed by atoms with Crippen molar-refractivity contribution in [3.05, 3.63) is 22.2 Å². The first-order chi connectivity index (χ1) is 8.22. The first-order valence-corrected chi connectivity index (χ1v) is 6.53. The highest BCUT2D eigenvalue weighted by Gasteiger charge is 2.34. The van der Waals surface area contributed by atoms with Crippen LogP contribution in [0.3, 0.4) is 0 Å². The minimum atomic E-state index is -0.111. The molecule has 0 saturated carbocycles. The highest BCUT2D eigenvalue weighted by atomic mass is 35.5. The van der Waals surface area contributed by atoms with E-state index in [4.69, 9.17) is 27.9 Å². The Morgan fingerprint density at radius 3 is 2.82 bits per heavy atom. The van der Waals surface area contributed by atoms with Gasteiger partial charge in [0, 0.05) is 18.7 Å². The molecule has 2 atom stereocenters. The Bertz CT molecular complexity index is 409. The molecule has 92 valence electrons. The molecule has 2 unspecified atom stereocenters. The topological polar surface area (TPSA) is 38.2 Å². The molecule has 1 aromatic rings. The molecule has 2 aliphatic rings. The number of morpholine rings is 1. The van der Waals surface area contributed by atoms with Crippen LogP contribution in [0.25, 0.3) is 0 Å². The molecule has 17 heavy (non-hydrogen) atoms. The van der Waals surface area contributed by atoms with Crippen molar-refractivity contribution < 1.29 is 4.74 Å². The van der Waals surface area contributed by atoms with Gasteiger partial charge in [-0.25, -0.2) is 9.97 Å². The summed E-state index contributed by atoms with van der Waals surface area (Å²) in [6.07, 6.45) is 2.36. The molecule has 1 aromatic heterocycles. The van der Waals surface area contributed by atoms with Gasteiger partial charge in [0.25, 0.3) is 0 Å². The molecular weight excluding hydrogens is 261 g/mol. The van der Waals surface area contributed by atoms with Crippen LogP contribution in [-0.2, 0) is 4.74 Å². The van der Waals surface area contributed by atoms with Gasteiger partial charge in [-0.1, -0.05) is 23.2 Å². The van der Waals surface area contributed by atoms with E-state index in [0.717, 1.165) is 19.7 Å². The standard InChI is InChI=1S/C11H13Cl2N3O/c12-9-4-10(13)15-11(14-9)8-5-16-3-1-2-7(16)6-17-8/h4,7-8H,1-3,5-6H2. The van der Waals surface area contributed by atoms with Crippen molar-refractivity contribution in [2.45, 2.75) is 25.0 Å². The lowest BCUT2D eigenvalue weighted by molar-refractivity contribution is -0.0541. The number of aromatic nitrogens is 2. The van der Waals surface area contributed by atoms with E-state index < -0.39 is 0 Å². The van der Waals surface area contributed by atoms with Crippen molar-refractivity contribution in [2.75, 3.05) is 19.7 Å². The minimum Gasteiger partial charge on any atom is -0.367 e. The van der Waals surface area contributed by atoms with Gasteiger partial charge in [-0.05, 0) is 19.4 Å². The van der Waals surface area contributed by atoms with Gasteiger partial charge < -0.3 is 4.74 Å². The SMILES string of the molecule is Clc1cc(Cl)nc(C2CN3CCCC3CO2)n1. The van der Waals surface area contributed by atoms with Crippen LogP contribution in [0.1, 0.15) is 24.8 Å². The summed E-state index contributed by atoms with van der Waals surface area (Å²) >= 11 is 11.8. The van der Waals surface area contributed by atoms with E-state index in [1.54, 1.807) is 0 Å². The van der Waals surface area contributed by atoms with E-state index >= 15 is 0 Å². The molecule has 0 N–H and O–H groups in total. The van der Waals surface area contributed by atoms with Crippen LogP contribution in [0.15, 0.2) is 6.07 Å². The molecule has 0 aliphatic carbocycles. The minimum absolute atomic E-state index is 0.111. The third-order valence-electron chi connectivity index (χ3n) is 3.36. The zero-order valence-corrected chi connectivity index (χ0v) is 10.8. The van der Waals surface area contributed by atoms with Gasteiger partial charge in [-0.15, -0.1) is 0 Å². The van der Waals surface area contributed by atoms with Crippen molar-refractivity contribution in [3.63, 3.8) is 0 Å². The molecule has 0 amide bonds. The fourth-order valence-corrected chi connectivity index (χ4v) is 2.96. The molecule has 4 nitrogen and oxygen atoms in total. The average Bonchev–Trinajstić information content (AvgIpc) is 2.74. The monoisotopic (exact) mass is 273 g/mol. The number of halogens is 2. The van der Waals surface area contributed by atoms with Gasteiger partial charge in [0.05, 0.1) is 6.61 Å². The van der Waals surface area contributed by atoms with Crippen LogP contribution in [0, 0.1) is 0 Å². The number of hydrogen-bond acceptors (Lipinski definition) is 4. The van der Waals surface area contributed by atoms with Crippen molar-refractivity contribution in [1.82, 2.24) is 14.9 Å². The van der Waals surface area contributed by atoms with Crippen molar-refractivity contribution in [3.8, 4) is 0 Å². The summed E-state index contributed by atoms with van der Waals surface area (Å²) in [4.78, 5) is 10.8. The smallest absolute Gasteiger partial charge is 0.161 e. The summed E-state index contributed by atoms with van der Waals surface area (Å²) in [5.74, 6) is 0.591. The molecule has 0 bridgehead atoms. The third kappa shape index (κ3) is 2.40. The predicted octanol–water partition coefficient (Wildman–Crippen LogP) is 2.32. The largest absolute Gasteiger partial charge is 0.367 e. The second kappa shape index (κ2) is 4.69. The molecule has 3 rings (SSSR count). The van der Waals surface area contributed by atoms with Gasteiger partial charge in [-0.2, -0.15) is 0 Å². The Hall–Kier alpha value is -0.420. The van der Waals surface area contributed by atoms with Crippen LogP contribution in [-0.4, -0.2) is 40.6 Å². The van der Waals surface area contributed by atoms with Crippen LogP contribution in [0.4, 0.5) is 0 Å². The first-order valence-electron chi connectivity index (χ1n) is 5.78. The molecule has 0 radical (unpaired) electrons. The molecule has 2 fully saturated rings. The second-order valence-corrected chi connectivity index (χ2v) is 5.26. The fraction of sp³-hybridized carbons (Fsp3) is 0.636. The molecular formula is C11H13Cl2N3O. The van der Waals surface area contributed by atoms with Crippen molar-refractivity contribution in [2.24, 2.45) is 0 Å². The predicted molar refractivity (Wildman–Crippen MR) is 65.3 cm³/mol. The van der Waals surface area contributed by atoms with Gasteiger partial charge in [-0.3, -0.25) is 4.90 Å². The second-order valence-electron chi connectivity index (χ2n) is 4.48. The lowest BCUT2D eigenvalue weighted by Crippen LogP contribution is -2.42. The Morgan fingerprint density at radius 1 is 1.29 bits per heavy atom. The molecule has 0 spiro atoms. The lowest BCUT2D eigenvalue weighted by Gasteiger charge is -2.34. The average molecular weight is 274 g/mol. The molecule has 0 aromatic carbocycles. The molecule has 3 heterocycles. The van der Waals surface area contributed by atoms with E-state index in [1.807, 2.05) is 0 Å². The molecule has 2 saturated heterocycles. The van der Waals surface area contributed by atoms with Gasteiger partial charge in [0.15, 0.2) is 5.82 Å². The highest BCUT2D eigenvalue weighted by Crippen LogP contribution is 2.29. The first kappa shape index (κ1) is 11.7. The number of rotatable bonds is 1. The number of fused-ring (bicyclic) bond motifs is 1. The Balaban J connectivity index is 1.80. The van der Waals surface area contributed by atoms with Crippen LogP contribution in [0.2, 0.25) is 10.3 Å². The van der Waals surface area contributed by atoms with E-state index in [9.17, 15) is 0 Å². The maximum Gasteiger partial charge on any atom is 0.161 e.